The molecule has 1 N–H and O–H groups in total. The second kappa shape index (κ2) is 4.82. The van der Waals surface area contributed by atoms with Crippen LogP contribution in [-0.2, 0) is 4.74 Å². The van der Waals surface area contributed by atoms with Gasteiger partial charge in [-0.15, -0.1) is 0 Å². The Kier molecular flexibility index (Phi) is 3.22. The van der Waals surface area contributed by atoms with Gasteiger partial charge in [0.2, 0.25) is 5.88 Å². The lowest BCUT2D eigenvalue weighted by Crippen LogP contribution is -2.24. The summed E-state index contributed by atoms with van der Waals surface area (Å²) in [6.07, 6.45) is 6.51. The van der Waals surface area contributed by atoms with Crippen molar-refractivity contribution >= 4 is 12.0 Å². The Bertz CT molecular complexity index is 304. The number of rotatable bonds is 2. The van der Waals surface area contributed by atoms with E-state index in [-0.39, 0.29) is 6.10 Å². The predicted octanol–water partition coefficient (Wildman–Crippen LogP) is 2.56. The summed E-state index contributed by atoms with van der Waals surface area (Å²) in [6.45, 7) is 0. The Morgan fingerprint density at radius 3 is 2.93 bits per heavy atom. The molecule has 0 spiro atoms. The average Bonchev–Trinajstić information content (AvgIpc) is 2.71. The number of nitrogens with zero attached hydrogens (tertiary/aromatic N) is 1. The van der Waals surface area contributed by atoms with Gasteiger partial charge in [0.25, 0.3) is 0 Å². The highest BCUT2D eigenvalue weighted by atomic mass is 16.6. The maximum absolute atomic E-state index is 11.4. The van der Waals surface area contributed by atoms with Crippen LogP contribution in [0.3, 0.4) is 0 Å². The molecule has 1 aromatic rings. The van der Waals surface area contributed by atoms with Crippen LogP contribution in [0.4, 0.5) is 10.7 Å². The molecule has 5 heteroatoms. The summed E-state index contributed by atoms with van der Waals surface area (Å²) in [7, 11) is 0. The Hall–Kier alpha value is -1.52. The summed E-state index contributed by atoms with van der Waals surface area (Å²) >= 11 is 0. The Morgan fingerprint density at radius 2 is 2.27 bits per heavy atom. The van der Waals surface area contributed by atoms with Gasteiger partial charge >= 0.3 is 6.09 Å². The summed E-state index contributed by atoms with van der Waals surface area (Å²) in [5, 5.41) is 5.96. The molecule has 0 aliphatic heterocycles. The fourth-order valence-corrected chi connectivity index (χ4v) is 1.74. The molecular weight excluding hydrogens is 196 g/mol. The minimum absolute atomic E-state index is 0.0571. The van der Waals surface area contributed by atoms with Gasteiger partial charge in [0.15, 0.2) is 0 Å². The van der Waals surface area contributed by atoms with Crippen molar-refractivity contribution in [3.63, 3.8) is 0 Å². The first-order chi connectivity index (χ1) is 7.34. The van der Waals surface area contributed by atoms with Crippen LogP contribution < -0.4 is 5.32 Å². The van der Waals surface area contributed by atoms with Gasteiger partial charge in [0.1, 0.15) is 6.10 Å². The van der Waals surface area contributed by atoms with Crippen molar-refractivity contribution in [1.82, 2.24) is 5.16 Å². The standard InChI is InChI=1S/C10H14N2O3/c13-10(12-9-6-7-11-15-9)14-8-4-2-1-3-5-8/h6-8H,1-5H2,(H,12,13). The highest BCUT2D eigenvalue weighted by Gasteiger charge is 2.18. The summed E-state index contributed by atoms with van der Waals surface area (Å²) in [5.74, 6) is 0.316. The molecule has 0 aromatic carbocycles. The van der Waals surface area contributed by atoms with Gasteiger partial charge in [-0.2, -0.15) is 0 Å². The van der Waals surface area contributed by atoms with E-state index in [1.165, 1.54) is 12.6 Å². The molecule has 1 fully saturated rings. The molecular formula is C10H14N2O3. The molecule has 82 valence electrons. The van der Waals surface area contributed by atoms with Crippen LogP contribution in [0.25, 0.3) is 0 Å². The summed E-state index contributed by atoms with van der Waals surface area (Å²) in [4.78, 5) is 11.4. The van der Waals surface area contributed by atoms with E-state index < -0.39 is 6.09 Å². The number of nitrogens with one attached hydrogen (secondary N) is 1. The molecule has 1 aromatic heterocycles. The van der Waals surface area contributed by atoms with Gasteiger partial charge in [0, 0.05) is 6.07 Å². The summed E-state index contributed by atoms with van der Waals surface area (Å²) < 4.78 is 9.96. The largest absolute Gasteiger partial charge is 0.446 e. The van der Waals surface area contributed by atoms with E-state index >= 15 is 0 Å². The smallest absolute Gasteiger partial charge is 0.414 e. The summed E-state index contributed by atoms with van der Waals surface area (Å²) in [5.41, 5.74) is 0. The average molecular weight is 210 g/mol. The lowest BCUT2D eigenvalue weighted by atomic mass is 9.98. The van der Waals surface area contributed by atoms with Gasteiger partial charge in [-0.1, -0.05) is 11.6 Å². The van der Waals surface area contributed by atoms with Crippen molar-refractivity contribution in [3.05, 3.63) is 12.3 Å². The molecule has 1 aliphatic carbocycles. The second-order valence-corrected chi connectivity index (χ2v) is 3.67. The topological polar surface area (TPSA) is 64.4 Å². The maximum atomic E-state index is 11.4. The Morgan fingerprint density at radius 1 is 1.47 bits per heavy atom. The van der Waals surface area contributed by atoms with E-state index in [9.17, 15) is 4.79 Å². The molecule has 15 heavy (non-hydrogen) atoms. The third-order valence-electron chi connectivity index (χ3n) is 2.49. The van der Waals surface area contributed by atoms with Gasteiger partial charge < -0.3 is 9.26 Å². The zero-order chi connectivity index (χ0) is 10.5. The first-order valence-corrected chi connectivity index (χ1v) is 5.23. The Balaban J connectivity index is 1.76. The van der Waals surface area contributed by atoms with Gasteiger partial charge in [-0.3, -0.25) is 5.32 Å². The highest BCUT2D eigenvalue weighted by molar-refractivity contribution is 5.82. The number of ether oxygens (including phenoxy) is 1. The number of anilines is 1. The first kappa shape index (κ1) is 10.0. The number of hydrogen-bond acceptors (Lipinski definition) is 4. The highest BCUT2D eigenvalue weighted by Crippen LogP contribution is 2.20. The van der Waals surface area contributed by atoms with E-state index in [2.05, 4.69) is 10.5 Å². The number of amides is 1. The van der Waals surface area contributed by atoms with Crippen LogP contribution in [0.1, 0.15) is 32.1 Å². The molecule has 1 saturated carbocycles. The van der Waals surface area contributed by atoms with E-state index in [1.807, 2.05) is 0 Å². The van der Waals surface area contributed by atoms with Crippen molar-refractivity contribution in [1.29, 1.82) is 0 Å². The lowest BCUT2D eigenvalue weighted by molar-refractivity contribution is 0.0860. The molecule has 1 heterocycles. The maximum Gasteiger partial charge on any atom is 0.414 e. The van der Waals surface area contributed by atoms with Gasteiger partial charge in [0.05, 0.1) is 6.20 Å². The molecule has 1 amide bonds. The minimum atomic E-state index is -0.460. The van der Waals surface area contributed by atoms with Crippen molar-refractivity contribution in [3.8, 4) is 0 Å². The normalized spacial score (nSPS) is 17.3. The monoisotopic (exact) mass is 210 g/mol. The van der Waals surface area contributed by atoms with Crippen LogP contribution in [0, 0.1) is 0 Å². The van der Waals surface area contributed by atoms with E-state index in [4.69, 9.17) is 9.26 Å². The van der Waals surface area contributed by atoms with E-state index in [1.54, 1.807) is 6.07 Å². The first-order valence-electron chi connectivity index (χ1n) is 5.23. The minimum Gasteiger partial charge on any atom is -0.446 e. The SMILES string of the molecule is O=C(Nc1ccno1)OC1CCCCC1. The molecule has 0 saturated heterocycles. The second-order valence-electron chi connectivity index (χ2n) is 3.67. The van der Waals surface area contributed by atoms with Gasteiger partial charge in [-0.25, -0.2) is 4.79 Å². The van der Waals surface area contributed by atoms with Crippen molar-refractivity contribution in [2.45, 2.75) is 38.2 Å². The number of carbonyl (C=O) groups excluding carboxylic acids is 1. The van der Waals surface area contributed by atoms with E-state index in [0.29, 0.717) is 5.88 Å². The van der Waals surface area contributed by atoms with E-state index in [0.717, 1.165) is 25.7 Å². The summed E-state index contributed by atoms with van der Waals surface area (Å²) in [6, 6.07) is 1.57. The van der Waals surface area contributed by atoms with Crippen molar-refractivity contribution in [2.24, 2.45) is 0 Å². The molecule has 0 bridgehead atoms. The van der Waals surface area contributed by atoms with Crippen LogP contribution >= 0.6 is 0 Å². The van der Waals surface area contributed by atoms with Crippen LogP contribution in [0.2, 0.25) is 0 Å². The quantitative estimate of drug-likeness (QED) is 0.814. The zero-order valence-electron chi connectivity index (χ0n) is 8.44. The molecule has 1 aliphatic rings. The third-order valence-corrected chi connectivity index (χ3v) is 2.49. The van der Waals surface area contributed by atoms with Crippen molar-refractivity contribution < 1.29 is 14.1 Å². The van der Waals surface area contributed by atoms with Gasteiger partial charge in [-0.05, 0) is 25.7 Å². The van der Waals surface area contributed by atoms with Crippen LogP contribution in [-0.4, -0.2) is 17.4 Å². The van der Waals surface area contributed by atoms with Crippen LogP contribution in [0.5, 0.6) is 0 Å². The Labute approximate surface area is 87.8 Å². The molecule has 0 radical (unpaired) electrons. The number of hydrogen-bond donors (Lipinski definition) is 1. The fraction of sp³-hybridized carbons (Fsp3) is 0.600. The molecule has 0 atom stereocenters. The molecule has 5 nitrogen and oxygen atoms in total. The van der Waals surface area contributed by atoms with Crippen molar-refractivity contribution in [2.75, 3.05) is 5.32 Å². The third kappa shape index (κ3) is 2.97. The number of aromatic nitrogens is 1. The lowest BCUT2D eigenvalue weighted by Gasteiger charge is -2.21. The fourth-order valence-electron chi connectivity index (χ4n) is 1.74. The number of carbonyl (C=O) groups is 1. The molecule has 0 unspecified atom stereocenters. The predicted molar refractivity (Wildman–Crippen MR) is 53.5 cm³/mol. The zero-order valence-corrected chi connectivity index (χ0v) is 8.44. The molecule has 2 rings (SSSR count). The van der Waals surface area contributed by atoms with Crippen LogP contribution in [0.15, 0.2) is 16.8 Å².